The number of hydrogen-bond acceptors (Lipinski definition) is 3. The second-order valence-electron chi connectivity index (χ2n) is 6.41. The number of amides is 2. The third-order valence-corrected chi connectivity index (χ3v) is 5.11. The average molecular weight is 346 g/mol. The van der Waals surface area contributed by atoms with Gasteiger partial charge in [0.15, 0.2) is 0 Å². The monoisotopic (exact) mass is 346 g/mol. The molecule has 3 rings (SSSR count). The number of halogens is 1. The first kappa shape index (κ1) is 16.6. The molecule has 1 saturated heterocycles. The first-order chi connectivity index (χ1) is 11.4. The van der Waals surface area contributed by atoms with E-state index in [0.29, 0.717) is 11.4 Å². The number of carbonyl (C=O) groups is 2. The van der Waals surface area contributed by atoms with Crippen LogP contribution < -0.4 is 5.32 Å². The average Bonchev–Trinajstić information content (AvgIpc) is 3.02. The second kappa shape index (κ2) is 6.36. The number of carbonyl (C=O) groups excluding carboxylic acids is 2. The number of benzene rings is 1. The number of hydrogen-bond donors (Lipinski definition) is 1. The number of thiophene rings is 1. The Bertz CT molecular complexity index is 741. The van der Waals surface area contributed by atoms with Crippen molar-refractivity contribution in [3.05, 3.63) is 58.0 Å². The van der Waals surface area contributed by atoms with E-state index in [1.807, 2.05) is 5.38 Å². The summed E-state index contributed by atoms with van der Waals surface area (Å²) in [6, 6.07) is 9.68. The maximum absolute atomic E-state index is 13.1. The fraction of sp³-hybridized carbons (Fsp3) is 0.333. The van der Waals surface area contributed by atoms with Crippen LogP contribution in [0, 0.1) is 5.82 Å². The summed E-state index contributed by atoms with van der Waals surface area (Å²) >= 11 is 1.34. The lowest BCUT2D eigenvalue weighted by molar-refractivity contribution is -0.145. The number of nitrogens with zero attached hydrogens (tertiary/aromatic N) is 1. The molecule has 0 aliphatic carbocycles. The maximum atomic E-state index is 13.1. The van der Waals surface area contributed by atoms with Crippen molar-refractivity contribution in [2.45, 2.75) is 31.8 Å². The zero-order chi connectivity index (χ0) is 17.3. The Morgan fingerprint density at radius 2 is 1.96 bits per heavy atom. The van der Waals surface area contributed by atoms with Gasteiger partial charge in [0.2, 0.25) is 5.91 Å². The van der Waals surface area contributed by atoms with Gasteiger partial charge in [0.05, 0.1) is 10.9 Å². The Kier molecular flexibility index (Phi) is 4.41. The molecule has 1 fully saturated rings. The highest BCUT2D eigenvalue weighted by atomic mass is 32.1. The smallest absolute Gasteiger partial charge is 0.262 e. The predicted octanol–water partition coefficient (Wildman–Crippen LogP) is 3.37. The molecule has 6 heteroatoms. The SMILES string of the molecule is CC(C)(NC(=O)c1cccs1)C(=O)N1CC[C@@H]1c1ccc(F)cc1. The maximum Gasteiger partial charge on any atom is 0.262 e. The van der Waals surface area contributed by atoms with Crippen molar-refractivity contribution in [3.63, 3.8) is 0 Å². The normalized spacial score (nSPS) is 17.3. The zero-order valence-corrected chi connectivity index (χ0v) is 14.4. The first-order valence-corrected chi connectivity index (χ1v) is 8.69. The summed E-state index contributed by atoms with van der Waals surface area (Å²) in [6.07, 6.45) is 0.840. The topological polar surface area (TPSA) is 49.4 Å². The second-order valence-corrected chi connectivity index (χ2v) is 7.36. The molecule has 1 N–H and O–H groups in total. The van der Waals surface area contributed by atoms with Gasteiger partial charge in [0.1, 0.15) is 11.4 Å². The van der Waals surface area contributed by atoms with Gasteiger partial charge in [-0.05, 0) is 49.4 Å². The van der Waals surface area contributed by atoms with E-state index in [1.54, 1.807) is 43.0 Å². The number of likely N-dealkylation sites (tertiary alicyclic amines) is 1. The van der Waals surface area contributed by atoms with Crippen LogP contribution in [0.5, 0.6) is 0 Å². The van der Waals surface area contributed by atoms with Gasteiger partial charge in [-0.15, -0.1) is 11.3 Å². The van der Waals surface area contributed by atoms with Crippen LogP contribution >= 0.6 is 11.3 Å². The summed E-state index contributed by atoms with van der Waals surface area (Å²) in [5.74, 6) is -0.672. The van der Waals surface area contributed by atoms with Crippen molar-refractivity contribution in [2.75, 3.05) is 6.54 Å². The third kappa shape index (κ3) is 3.19. The van der Waals surface area contributed by atoms with E-state index in [0.717, 1.165) is 12.0 Å². The Morgan fingerprint density at radius 1 is 1.25 bits per heavy atom. The summed E-state index contributed by atoms with van der Waals surface area (Å²) in [4.78, 5) is 27.4. The van der Waals surface area contributed by atoms with Crippen molar-refractivity contribution in [1.82, 2.24) is 10.2 Å². The highest BCUT2D eigenvalue weighted by Gasteiger charge is 2.41. The van der Waals surface area contributed by atoms with Crippen molar-refractivity contribution in [2.24, 2.45) is 0 Å². The van der Waals surface area contributed by atoms with Crippen LogP contribution in [-0.2, 0) is 4.79 Å². The zero-order valence-electron chi connectivity index (χ0n) is 13.6. The summed E-state index contributed by atoms with van der Waals surface area (Å²) in [6.45, 7) is 4.06. The van der Waals surface area contributed by atoms with Crippen LogP contribution in [0.25, 0.3) is 0 Å². The summed E-state index contributed by atoms with van der Waals surface area (Å²) in [7, 11) is 0. The standard InChI is InChI=1S/C18H19FN2O2S/c1-18(2,20-16(22)15-4-3-11-24-15)17(23)21-10-9-14(21)12-5-7-13(19)8-6-12/h3-8,11,14H,9-10H2,1-2H3,(H,20,22)/t14-/m1/s1. The highest BCUT2D eigenvalue weighted by molar-refractivity contribution is 7.12. The molecule has 2 heterocycles. The van der Waals surface area contributed by atoms with Gasteiger partial charge in [0.25, 0.3) is 5.91 Å². The molecule has 4 nitrogen and oxygen atoms in total. The van der Waals surface area contributed by atoms with Gasteiger partial charge >= 0.3 is 0 Å². The molecule has 1 aromatic heterocycles. The molecule has 1 aliphatic rings. The quantitative estimate of drug-likeness (QED) is 0.923. The van der Waals surface area contributed by atoms with Crippen LogP contribution in [0.4, 0.5) is 4.39 Å². The molecular formula is C18H19FN2O2S. The first-order valence-electron chi connectivity index (χ1n) is 7.81. The van der Waals surface area contributed by atoms with Gasteiger partial charge < -0.3 is 10.2 Å². The lowest BCUT2D eigenvalue weighted by atomic mass is 9.91. The minimum Gasteiger partial charge on any atom is -0.337 e. The molecule has 24 heavy (non-hydrogen) atoms. The molecular weight excluding hydrogens is 327 g/mol. The van der Waals surface area contributed by atoms with E-state index in [1.165, 1.54) is 23.5 Å². The molecule has 0 saturated carbocycles. The number of nitrogens with one attached hydrogen (secondary N) is 1. The molecule has 1 aromatic carbocycles. The lowest BCUT2D eigenvalue weighted by Crippen LogP contribution is -2.59. The molecule has 0 radical (unpaired) electrons. The van der Waals surface area contributed by atoms with E-state index in [9.17, 15) is 14.0 Å². The minimum atomic E-state index is -1.00. The molecule has 0 unspecified atom stereocenters. The van der Waals surface area contributed by atoms with Gasteiger partial charge in [-0.1, -0.05) is 18.2 Å². The fourth-order valence-electron chi connectivity index (χ4n) is 2.83. The minimum absolute atomic E-state index is 0.0592. The summed E-state index contributed by atoms with van der Waals surface area (Å²) in [5.41, 5.74) is -0.0869. The molecule has 0 bridgehead atoms. The predicted molar refractivity (Wildman–Crippen MR) is 91.3 cm³/mol. The summed E-state index contributed by atoms with van der Waals surface area (Å²) < 4.78 is 13.1. The van der Waals surface area contributed by atoms with Crippen molar-refractivity contribution in [1.29, 1.82) is 0 Å². The van der Waals surface area contributed by atoms with Crippen LogP contribution in [0.15, 0.2) is 41.8 Å². The van der Waals surface area contributed by atoms with Crippen LogP contribution in [0.1, 0.15) is 41.5 Å². The van der Waals surface area contributed by atoms with Crippen LogP contribution in [0.3, 0.4) is 0 Å². The van der Waals surface area contributed by atoms with Gasteiger partial charge in [-0.25, -0.2) is 4.39 Å². The van der Waals surface area contributed by atoms with Gasteiger partial charge in [-0.2, -0.15) is 0 Å². The van der Waals surface area contributed by atoms with Gasteiger partial charge in [0, 0.05) is 6.54 Å². The molecule has 2 amide bonds. The van der Waals surface area contributed by atoms with Gasteiger partial charge in [-0.3, -0.25) is 9.59 Å². The van der Waals surface area contributed by atoms with E-state index < -0.39 is 5.54 Å². The molecule has 126 valence electrons. The molecule has 2 aromatic rings. The van der Waals surface area contributed by atoms with E-state index in [4.69, 9.17) is 0 Å². The Balaban J connectivity index is 1.70. The largest absolute Gasteiger partial charge is 0.337 e. The van der Waals surface area contributed by atoms with E-state index >= 15 is 0 Å². The number of rotatable bonds is 4. The summed E-state index contributed by atoms with van der Waals surface area (Å²) in [5, 5.41) is 4.63. The molecule has 1 atom stereocenters. The molecule has 0 spiro atoms. The van der Waals surface area contributed by atoms with Crippen molar-refractivity contribution >= 4 is 23.2 Å². The molecule has 1 aliphatic heterocycles. The van der Waals surface area contributed by atoms with E-state index in [-0.39, 0.29) is 23.7 Å². The van der Waals surface area contributed by atoms with Crippen molar-refractivity contribution in [3.8, 4) is 0 Å². The Labute approximate surface area is 144 Å². The third-order valence-electron chi connectivity index (χ3n) is 4.24. The van der Waals surface area contributed by atoms with Crippen LogP contribution in [0.2, 0.25) is 0 Å². The van der Waals surface area contributed by atoms with Crippen LogP contribution in [-0.4, -0.2) is 28.8 Å². The lowest BCUT2D eigenvalue weighted by Gasteiger charge is -2.45. The highest BCUT2D eigenvalue weighted by Crippen LogP contribution is 2.35. The van der Waals surface area contributed by atoms with E-state index in [2.05, 4.69) is 5.32 Å². The Hall–Kier alpha value is -2.21. The van der Waals surface area contributed by atoms with Crippen molar-refractivity contribution < 1.29 is 14.0 Å². The fourth-order valence-corrected chi connectivity index (χ4v) is 3.45. The Morgan fingerprint density at radius 3 is 2.50 bits per heavy atom.